The second-order valence-electron chi connectivity index (χ2n) is 14.5. The highest BCUT2D eigenvalue weighted by Gasteiger charge is 2.41. The van der Waals surface area contributed by atoms with Crippen LogP contribution in [0.5, 0.6) is 0 Å². The maximum atomic E-state index is 5.47. The number of pyridine rings is 1. The fraction of sp³-hybridized carbons (Fsp3) is 0.0625. The molecule has 11 rings (SSSR count). The van der Waals surface area contributed by atoms with Crippen LogP contribution in [0.1, 0.15) is 25.0 Å². The fourth-order valence-corrected chi connectivity index (χ4v) is 8.86. The number of para-hydroxylation sites is 2. The molecule has 5 nitrogen and oxygen atoms in total. The summed E-state index contributed by atoms with van der Waals surface area (Å²) in [6.07, 6.45) is 3.76. The lowest BCUT2D eigenvalue weighted by atomic mass is 9.81. The van der Waals surface area contributed by atoms with Crippen molar-refractivity contribution < 1.29 is 0 Å². The zero-order valence-corrected chi connectivity index (χ0v) is 29.3. The molecule has 5 heteroatoms. The van der Waals surface area contributed by atoms with Crippen LogP contribution in [0.4, 0.5) is 0 Å². The quantitative estimate of drug-likeness (QED) is 0.186. The topological polar surface area (TPSA) is 48.5 Å². The molecule has 0 amide bonds. The maximum Gasteiger partial charge on any atom is 0.235 e. The molecule has 250 valence electrons. The molecular weight excluding hydrogens is 647 g/mol. The van der Waals surface area contributed by atoms with Gasteiger partial charge in [-0.05, 0) is 59.2 Å². The minimum absolute atomic E-state index is 0.264. The molecular formula is C48H33N5. The summed E-state index contributed by atoms with van der Waals surface area (Å²) >= 11 is 0. The smallest absolute Gasteiger partial charge is 0.235 e. The van der Waals surface area contributed by atoms with E-state index in [2.05, 4.69) is 174 Å². The molecule has 0 bridgehead atoms. The highest BCUT2D eigenvalue weighted by Crippen LogP contribution is 2.55. The van der Waals surface area contributed by atoms with Crippen LogP contribution >= 0.6 is 0 Å². The molecule has 0 radical (unpaired) electrons. The Balaban J connectivity index is 1.35. The van der Waals surface area contributed by atoms with Crippen LogP contribution in [0.15, 0.2) is 164 Å². The molecule has 1 aliphatic rings. The van der Waals surface area contributed by atoms with E-state index in [1.807, 2.05) is 18.5 Å². The molecule has 0 aliphatic heterocycles. The number of hydrogen-bond donors (Lipinski definition) is 0. The van der Waals surface area contributed by atoms with Gasteiger partial charge >= 0.3 is 0 Å². The summed E-state index contributed by atoms with van der Waals surface area (Å²) in [5, 5.41) is 4.56. The van der Waals surface area contributed by atoms with Gasteiger partial charge < -0.3 is 4.57 Å². The van der Waals surface area contributed by atoms with Crippen molar-refractivity contribution in [3.05, 3.63) is 175 Å². The Hall–Kier alpha value is -6.85. The summed E-state index contributed by atoms with van der Waals surface area (Å²) in [7, 11) is 0. The molecule has 4 heterocycles. The Bertz CT molecular complexity index is 3060. The molecule has 6 aromatic carbocycles. The van der Waals surface area contributed by atoms with Crippen molar-refractivity contribution in [1.82, 2.24) is 24.1 Å². The molecule has 0 unspecified atom stereocenters. The van der Waals surface area contributed by atoms with Gasteiger partial charge in [0, 0.05) is 61.7 Å². The molecule has 0 spiro atoms. The lowest BCUT2D eigenvalue weighted by molar-refractivity contribution is 0.666. The van der Waals surface area contributed by atoms with Crippen LogP contribution in [0, 0.1) is 0 Å². The number of rotatable bonds is 4. The summed E-state index contributed by atoms with van der Waals surface area (Å²) in [5.74, 6) is 0.652. The highest BCUT2D eigenvalue weighted by molar-refractivity contribution is 6.22. The molecule has 0 saturated heterocycles. The lowest BCUT2D eigenvalue weighted by Crippen LogP contribution is -2.15. The number of benzene rings is 6. The first kappa shape index (κ1) is 29.8. The van der Waals surface area contributed by atoms with Crippen LogP contribution in [0.3, 0.4) is 0 Å². The summed E-state index contributed by atoms with van der Waals surface area (Å²) in [4.78, 5) is 15.3. The van der Waals surface area contributed by atoms with E-state index in [-0.39, 0.29) is 5.41 Å². The van der Waals surface area contributed by atoms with Crippen molar-refractivity contribution in [3.8, 4) is 45.3 Å². The molecule has 0 atom stereocenters. The van der Waals surface area contributed by atoms with Crippen molar-refractivity contribution in [3.63, 3.8) is 0 Å². The van der Waals surface area contributed by atoms with Crippen LogP contribution < -0.4 is 0 Å². The summed E-state index contributed by atoms with van der Waals surface area (Å²) < 4.78 is 4.80. The lowest BCUT2D eigenvalue weighted by Gasteiger charge is -2.22. The second-order valence-corrected chi connectivity index (χ2v) is 14.5. The second kappa shape index (κ2) is 11.1. The Labute approximate surface area is 306 Å². The Morgan fingerprint density at radius 1 is 0.547 bits per heavy atom. The van der Waals surface area contributed by atoms with Crippen LogP contribution in [-0.2, 0) is 5.41 Å². The van der Waals surface area contributed by atoms with E-state index in [9.17, 15) is 0 Å². The summed E-state index contributed by atoms with van der Waals surface area (Å²) in [6.45, 7) is 4.75. The zero-order chi connectivity index (χ0) is 35.3. The maximum absolute atomic E-state index is 5.47. The predicted molar refractivity (Wildman–Crippen MR) is 217 cm³/mol. The van der Waals surface area contributed by atoms with E-state index < -0.39 is 0 Å². The van der Waals surface area contributed by atoms with Crippen molar-refractivity contribution in [1.29, 1.82) is 0 Å². The average molecular weight is 680 g/mol. The van der Waals surface area contributed by atoms with Crippen molar-refractivity contribution in [2.75, 3.05) is 0 Å². The van der Waals surface area contributed by atoms with E-state index in [1.54, 1.807) is 0 Å². The van der Waals surface area contributed by atoms with E-state index in [4.69, 9.17) is 9.97 Å². The third-order valence-corrected chi connectivity index (χ3v) is 11.2. The minimum Gasteiger partial charge on any atom is -0.309 e. The van der Waals surface area contributed by atoms with Crippen LogP contribution in [0.25, 0.3) is 88.9 Å². The van der Waals surface area contributed by atoms with Crippen molar-refractivity contribution in [2.24, 2.45) is 0 Å². The van der Waals surface area contributed by atoms with Gasteiger partial charge in [0.05, 0.1) is 33.5 Å². The molecule has 0 saturated carbocycles. The van der Waals surface area contributed by atoms with Gasteiger partial charge in [0.2, 0.25) is 5.95 Å². The molecule has 1 aliphatic carbocycles. The van der Waals surface area contributed by atoms with Gasteiger partial charge in [-0.25, -0.2) is 9.97 Å². The van der Waals surface area contributed by atoms with Gasteiger partial charge in [-0.15, -0.1) is 0 Å². The van der Waals surface area contributed by atoms with E-state index in [0.717, 1.165) is 66.3 Å². The van der Waals surface area contributed by atoms with Gasteiger partial charge in [0.25, 0.3) is 0 Å². The first-order chi connectivity index (χ1) is 26.1. The first-order valence-electron chi connectivity index (χ1n) is 18.1. The van der Waals surface area contributed by atoms with Crippen molar-refractivity contribution >= 4 is 43.6 Å². The number of fused-ring (bicyclic) bond motifs is 10. The van der Waals surface area contributed by atoms with Gasteiger partial charge in [-0.3, -0.25) is 9.55 Å². The minimum atomic E-state index is -0.264. The normalized spacial score (nSPS) is 13.2. The molecule has 0 N–H and O–H groups in total. The van der Waals surface area contributed by atoms with Crippen molar-refractivity contribution in [2.45, 2.75) is 19.3 Å². The Morgan fingerprint density at radius 3 is 2.11 bits per heavy atom. The van der Waals surface area contributed by atoms with Gasteiger partial charge in [-0.2, -0.15) is 0 Å². The standard InChI is InChI=1S/C48H33N5/c1-48(2)38-21-11-9-19-35(38)46-43(48)42-41(52(46)33-17-7-4-8-18-33)26-24-34-37-28-31(32-16-13-27-49-29-32)23-25-40(37)53(45(34)42)47-50-39-22-12-10-20-36(39)44(51-47)30-14-5-3-6-15-30/h3-29H,1-2H3. The average Bonchev–Trinajstić information content (AvgIpc) is 3.82. The van der Waals surface area contributed by atoms with E-state index in [0.29, 0.717) is 5.95 Å². The third kappa shape index (κ3) is 4.22. The van der Waals surface area contributed by atoms with Gasteiger partial charge in [0.1, 0.15) is 0 Å². The summed E-state index contributed by atoms with van der Waals surface area (Å²) in [6, 6.07) is 54.0. The van der Waals surface area contributed by atoms with Gasteiger partial charge in [0.15, 0.2) is 0 Å². The molecule has 53 heavy (non-hydrogen) atoms. The van der Waals surface area contributed by atoms with Crippen LogP contribution in [-0.4, -0.2) is 24.1 Å². The Morgan fingerprint density at radius 2 is 1.28 bits per heavy atom. The molecule has 0 fully saturated rings. The first-order valence-corrected chi connectivity index (χ1v) is 18.1. The zero-order valence-electron chi connectivity index (χ0n) is 29.3. The third-order valence-electron chi connectivity index (χ3n) is 11.2. The number of nitrogens with zero attached hydrogens (tertiary/aromatic N) is 5. The van der Waals surface area contributed by atoms with E-state index in [1.165, 1.54) is 27.8 Å². The number of hydrogen-bond acceptors (Lipinski definition) is 3. The van der Waals surface area contributed by atoms with E-state index >= 15 is 0 Å². The molecule has 10 aromatic rings. The predicted octanol–water partition coefficient (Wildman–Crippen LogP) is 11.7. The Kier molecular flexibility index (Phi) is 6.23. The summed E-state index contributed by atoms with van der Waals surface area (Å²) in [5.41, 5.74) is 14.5. The van der Waals surface area contributed by atoms with Crippen LogP contribution in [0.2, 0.25) is 0 Å². The van der Waals surface area contributed by atoms with Gasteiger partial charge in [-0.1, -0.05) is 123 Å². The fourth-order valence-electron chi connectivity index (χ4n) is 8.86. The SMILES string of the molecule is CC1(C)c2ccccc2-c2c1c1c(ccc3c4cc(-c5cccnc5)ccc4n(-c4nc(-c5ccccc5)c5ccccc5n4)c31)n2-c1ccccc1. The highest BCUT2D eigenvalue weighted by atomic mass is 15.2. The number of aromatic nitrogens is 5. The monoisotopic (exact) mass is 679 g/mol. The largest absolute Gasteiger partial charge is 0.309 e. The molecule has 4 aromatic heterocycles.